The summed E-state index contributed by atoms with van der Waals surface area (Å²) in [7, 11) is 1.63. The molecule has 2 heterocycles. The third kappa shape index (κ3) is 3.52. The summed E-state index contributed by atoms with van der Waals surface area (Å²) in [5.74, 6) is 1.66. The second kappa shape index (κ2) is 6.82. The summed E-state index contributed by atoms with van der Waals surface area (Å²) in [5, 5.41) is 10.6. The first-order valence-electron chi connectivity index (χ1n) is 7.22. The standard InChI is InChI=1S/C17H15N3O4/c1-23-14-4-2-13(3-5-14)12-19-11-10-18-16(19)8-6-15-7-9-17(24-15)20(21)22/h2-11H,12H2,1H3/b8-6+. The van der Waals surface area contributed by atoms with Gasteiger partial charge < -0.3 is 13.7 Å². The van der Waals surface area contributed by atoms with Crippen LogP contribution in [0.4, 0.5) is 5.88 Å². The Morgan fingerprint density at radius 1 is 1.25 bits per heavy atom. The fraction of sp³-hybridized carbons (Fsp3) is 0.118. The zero-order valence-corrected chi connectivity index (χ0v) is 13.0. The van der Waals surface area contributed by atoms with Gasteiger partial charge in [-0.3, -0.25) is 10.1 Å². The Kier molecular flexibility index (Phi) is 4.42. The maximum atomic E-state index is 10.6. The summed E-state index contributed by atoms with van der Waals surface area (Å²) in [6.45, 7) is 0.655. The SMILES string of the molecule is COc1ccc(Cn2ccnc2/C=C/c2ccc([N+](=O)[O-])o2)cc1. The molecular weight excluding hydrogens is 310 g/mol. The van der Waals surface area contributed by atoms with Crippen molar-refractivity contribution in [3.05, 3.63) is 76.1 Å². The molecule has 3 aromatic rings. The van der Waals surface area contributed by atoms with Crippen molar-refractivity contribution in [3.8, 4) is 5.75 Å². The minimum absolute atomic E-state index is 0.281. The van der Waals surface area contributed by atoms with E-state index < -0.39 is 4.92 Å². The average Bonchev–Trinajstić information content (AvgIpc) is 3.23. The van der Waals surface area contributed by atoms with Gasteiger partial charge in [0.05, 0.1) is 13.2 Å². The highest BCUT2D eigenvalue weighted by molar-refractivity contribution is 5.64. The summed E-state index contributed by atoms with van der Waals surface area (Å²) in [5.41, 5.74) is 1.11. The van der Waals surface area contributed by atoms with Crippen LogP contribution >= 0.6 is 0 Å². The predicted octanol–water partition coefficient (Wildman–Crippen LogP) is 3.61. The first-order valence-corrected chi connectivity index (χ1v) is 7.22. The van der Waals surface area contributed by atoms with Crippen LogP contribution in [0.3, 0.4) is 0 Å². The third-order valence-electron chi connectivity index (χ3n) is 3.45. The van der Waals surface area contributed by atoms with Crippen LogP contribution in [0.5, 0.6) is 5.75 Å². The van der Waals surface area contributed by atoms with Crippen molar-refractivity contribution < 1.29 is 14.1 Å². The fourth-order valence-electron chi connectivity index (χ4n) is 2.23. The van der Waals surface area contributed by atoms with Crippen LogP contribution in [0.25, 0.3) is 12.2 Å². The lowest BCUT2D eigenvalue weighted by molar-refractivity contribution is -0.402. The number of nitrogens with zero attached hydrogens (tertiary/aromatic N) is 3. The maximum absolute atomic E-state index is 10.6. The molecule has 7 heteroatoms. The summed E-state index contributed by atoms with van der Waals surface area (Å²) >= 11 is 0. The molecule has 0 bridgehead atoms. The molecule has 0 radical (unpaired) electrons. The molecule has 0 aliphatic heterocycles. The number of rotatable bonds is 6. The second-order valence-electron chi connectivity index (χ2n) is 5.03. The maximum Gasteiger partial charge on any atom is 0.433 e. The molecule has 7 nitrogen and oxygen atoms in total. The van der Waals surface area contributed by atoms with Crippen LogP contribution in [0.15, 0.2) is 53.2 Å². The molecule has 0 saturated carbocycles. The van der Waals surface area contributed by atoms with E-state index in [4.69, 9.17) is 9.15 Å². The van der Waals surface area contributed by atoms with Crippen molar-refractivity contribution in [2.75, 3.05) is 7.11 Å². The minimum atomic E-state index is -0.567. The largest absolute Gasteiger partial charge is 0.497 e. The number of ether oxygens (including phenoxy) is 1. The van der Waals surface area contributed by atoms with Gasteiger partial charge in [-0.05, 0) is 35.9 Å². The normalized spacial score (nSPS) is 11.0. The van der Waals surface area contributed by atoms with Gasteiger partial charge in [-0.25, -0.2) is 4.98 Å². The van der Waals surface area contributed by atoms with E-state index in [0.29, 0.717) is 12.3 Å². The van der Waals surface area contributed by atoms with Gasteiger partial charge in [0.2, 0.25) is 0 Å². The van der Waals surface area contributed by atoms with Crippen molar-refractivity contribution in [2.45, 2.75) is 6.54 Å². The highest BCUT2D eigenvalue weighted by Gasteiger charge is 2.10. The van der Waals surface area contributed by atoms with E-state index in [1.165, 1.54) is 6.07 Å². The van der Waals surface area contributed by atoms with E-state index >= 15 is 0 Å². The molecule has 1 aromatic carbocycles. The molecule has 0 atom stereocenters. The van der Waals surface area contributed by atoms with Gasteiger partial charge in [-0.1, -0.05) is 12.1 Å². The van der Waals surface area contributed by atoms with Crippen LogP contribution in [-0.2, 0) is 6.54 Å². The lowest BCUT2D eigenvalue weighted by atomic mass is 10.2. The van der Waals surface area contributed by atoms with Gasteiger partial charge in [-0.15, -0.1) is 0 Å². The number of hydrogen-bond donors (Lipinski definition) is 0. The lowest BCUT2D eigenvalue weighted by Crippen LogP contribution is -2.00. The molecule has 0 aliphatic carbocycles. The van der Waals surface area contributed by atoms with E-state index in [1.807, 2.05) is 35.0 Å². The molecule has 0 fully saturated rings. The van der Waals surface area contributed by atoms with Crippen LogP contribution < -0.4 is 4.74 Å². The van der Waals surface area contributed by atoms with Crippen molar-refractivity contribution in [1.82, 2.24) is 9.55 Å². The number of nitro groups is 1. The number of furan rings is 1. The monoisotopic (exact) mass is 325 g/mol. The first-order chi connectivity index (χ1) is 11.7. The van der Waals surface area contributed by atoms with Gasteiger partial charge in [0.15, 0.2) is 0 Å². The van der Waals surface area contributed by atoms with Gasteiger partial charge in [0, 0.05) is 18.9 Å². The zero-order chi connectivity index (χ0) is 16.9. The van der Waals surface area contributed by atoms with Crippen molar-refractivity contribution in [2.24, 2.45) is 0 Å². The number of imidazole rings is 1. The first kappa shape index (κ1) is 15.5. The number of hydrogen-bond acceptors (Lipinski definition) is 5. The highest BCUT2D eigenvalue weighted by atomic mass is 16.6. The Morgan fingerprint density at radius 2 is 2.04 bits per heavy atom. The highest BCUT2D eigenvalue weighted by Crippen LogP contribution is 2.18. The van der Waals surface area contributed by atoms with Gasteiger partial charge in [0.1, 0.15) is 22.3 Å². The van der Waals surface area contributed by atoms with Crippen LogP contribution in [0, 0.1) is 10.1 Å². The molecule has 122 valence electrons. The quantitative estimate of drug-likeness (QED) is 0.510. The van der Waals surface area contributed by atoms with E-state index in [-0.39, 0.29) is 5.88 Å². The van der Waals surface area contributed by atoms with E-state index in [1.54, 1.807) is 31.5 Å². The van der Waals surface area contributed by atoms with E-state index in [2.05, 4.69) is 4.98 Å². The Hall–Kier alpha value is -3.35. The zero-order valence-electron chi connectivity index (χ0n) is 13.0. The molecule has 0 aliphatic rings. The Balaban J connectivity index is 1.74. The molecule has 0 amide bonds. The third-order valence-corrected chi connectivity index (χ3v) is 3.45. The van der Waals surface area contributed by atoms with Crippen LogP contribution in [0.2, 0.25) is 0 Å². The Labute approximate surface area is 138 Å². The summed E-state index contributed by atoms with van der Waals surface area (Å²) in [6, 6.07) is 10.7. The molecule has 24 heavy (non-hydrogen) atoms. The average molecular weight is 325 g/mol. The van der Waals surface area contributed by atoms with Crippen molar-refractivity contribution in [3.63, 3.8) is 0 Å². The van der Waals surface area contributed by atoms with E-state index in [0.717, 1.165) is 17.1 Å². The topological polar surface area (TPSA) is 83.3 Å². The molecule has 3 rings (SSSR count). The number of methoxy groups -OCH3 is 1. The molecule has 0 saturated heterocycles. The van der Waals surface area contributed by atoms with Crippen molar-refractivity contribution >= 4 is 18.0 Å². The smallest absolute Gasteiger partial charge is 0.433 e. The van der Waals surface area contributed by atoms with Gasteiger partial charge in [-0.2, -0.15) is 0 Å². The Bertz CT molecular complexity index is 862. The summed E-state index contributed by atoms with van der Waals surface area (Å²) in [4.78, 5) is 14.3. The molecule has 0 unspecified atom stereocenters. The molecule has 0 N–H and O–H groups in total. The summed E-state index contributed by atoms with van der Waals surface area (Å²) in [6.07, 6.45) is 6.98. The minimum Gasteiger partial charge on any atom is -0.497 e. The predicted molar refractivity (Wildman–Crippen MR) is 88.6 cm³/mol. The van der Waals surface area contributed by atoms with Crippen molar-refractivity contribution in [1.29, 1.82) is 0 Å². The second-order valence-corrected chi connectivity index (χ2v) is 5.03. The fourth-order valence-corrected chi connectivity index (χ4v) is 2.23. The van der Waals surface area contributed by atoms with Crippen LogP contribution in [0.1, 0.15) is 17.1 Å². The molecule has 0 spiro atoms. The van der Waals surface area contributed by atoms with Crippen LogP contribution in [-0.4, -0.2) is 21.6 Å². The Morgan fingerprint density at radius 3 is 2.71 bits per heavy atom. The van der Waals surface area contributed by atoms with Gasteiger partial charge >= 0.3 is 5.88 Å². The summed E-state index contributed by atoms with van der Waals surface area (Å²) < 4.78 is 12.2. The van der Waals surface area contributed by atoms with E-state index in [9.17, 15) is 10.1 Å². The number of benzene rings is 1. The lowest BCUT2D eigenvalue weighted by Gasteiger charge is -2.06. The number of aromatic nitrogens is 2. The molecular formula is C17H15N3O4. The molecule has 2 aromatic heterocycles. The van der Waals surface area contributed by atoms with Gasteiger partial charge in [0.25, 0.3) is 0 Å².